The topological polar surface area (TPSA) is 102 Å². The van der Waals surface area contributed by atoms with Gasteiger partial charge in [-0.3, -0.25) is 0 Å². The van der Waals surface area contributed by atoms with Crippen molar-refractivity contribution in [2.45, 2.75) is 6.04 Å². The Balaban J connectivity index is 2.87. The molecule has 1 rings (SSSR count). The van der Waals surface area contributed by atoms with Gasteiger partial charge in [0.25, 0.3) is 0 Å². The van der Waals surface area contributed by atoms with Gasteiger partial charge in [0.15, 0.2) is 0 Å². The van der Waals surface area contributed by atoms with Crippen molar-refractivity contribution in [1.82, 2.24) is 4.98 Å². The molecule has 0 aromatic carbocycles. The zero-order valence-corrected chi connectivity index (χ0v) is 6.75. The van der Waals surface area contributed by atoms with Gasteiger partial charge in [0.2, 0.25) is 0 Å². The first-order valence-electron chi connectivity index (χ1n) is 3.62. The predicted octanol–water partition coefficient (Wildman–Crippen LogP) is -0.0181. The maximum Gasteiger partial charge on any atom is 0.363 e. The van der Waals surface area contributed by atoms with Crippen molar-refractivity contribution in [3.63, 3.8) is 0 Å². The van der Waals surface area contributed by atoms with Gasteiger partial charge in [-0.1, -0.05) is 0 Å². The second-order valence-electron chi connectivity index (χ2n) is 2.50. The van der Waals surface area contributed by atoms with E-state index in [4.69, 9.17) is 10.8 Å². The molecule has 0 fully saturated rings. The van der Waals surface area contributed by atoms with Crippen LogP contribution in [0.25, 0.3) is 0 Å². The van der Waals surface area contributed by atoms with E-state index in [-0.39, 0.29) is 12.4 Å². The van der Waals surface area contributed by atoms with Crippen molar-refractivity contribution in [2.75, 3.05) is 6.61 Å². The smallest absolute Gasteiger partial charge is 0.363 e. The van der Waals surface area contributed by atoms with Crippen molar-refractivity contribution >= 4 is 5.82 Å². The molecule has 0 aliphatic carbocycles. The van der Waals surface area contributed by atoms with Crippen LogP contribution in [-0.4, -0.2) is 21.6 Å². The number of aliphatic hydroxyl groups is 1. The molecule has 6 nitrogen and oxygen atoms in total. The predicted molar refractivity (Wildman–Crippen MR) is 44.9 cm³/mol. The Hall–Kier alpha value is -1.53. The van der Waals surface area contributed by atoms with Crippen molar-refractivity contribution in [2.24, 2.45) is 5.73 Å². The van der Waals surface area contributed by atoms with Crippen molar-refractivity contribution in [3.8, 4) is 0 Å². The summed E-state index contributed by atoms with van der Waals surface area (Å²) in [6.07, 6.45) is 1.29. The molecule has 6 heteroatoms. The summed E-state index contributed by atoms with van der Waals surface area (Å²) in [5.41, 5.74) is 6.04. The van der Waals surface area contributed by atoms with Crippen molar-refractivity contribution in [1.29, 1.82) is 0 Å². The van der Waals surface area contributed by atoms with Crippen molar-refractivity contribution in [3.05, 3.63) is 34.0 Å². The highest BCUT2D eigenvalue weighted by Gasteiger charge is 2.10. The molecule has 70 valence electrons. The standard InChI is InChI=1S/C7H9N3O3/c8-6(4-11)5-1-2-7(9-3-5)10(12)13/h1-3,6,11H,4,8H2/t6-/m0/s1. The van der Waals surface area contributed by atoms with Gasteiger partial charge >= 0.3 is 5.82 Å². The average molecular weight is 183 g/mol. The van der Waals surface area contributed by atoms with Crippen LogP contribution >= 0.6 is 0 Å². The molecule has 0 spiro atoms. The zero-order valence-electron chi connectivity index (χ0n) is 6.75. The highest BCUT2D eigenvalue weighted by Crippen LogP contribution is 2.12. The minimum atomic E-state index is -0.589. The van der Waals surface area contributed by atoms with Crippen LogP contribution in [0.5, 0.6) is 0 Å². The lowest BCUT2D eigenvalue weighted by atomic mass is 10.1. The fraction of sp³-hybridized carbons (Fsp3) is 0.286. The number of aromatic nitrogens is 1. The second kappa shape index (κ2) is 3.92. The van der Waals surface area contributed by atoms with Gasteiger partial charge in [0.1, 0.15) is 6.20 Å². The Morgan fingerprint density at radius 3 is 2.77 bits per heavy atom. The molecule has 0 aliphatic heterocycles. The molecule has 1 atom stereocenters. The first kappa shape index (κ1) is 9.56. The van der Waals surface area contributed by atoms with Crippen LogP contribution in [0.15, 0.2) is 18.3 Å². The summed E-state index contributed by atoms with van der Waals surface area (Å²) < 4.78 is 0. The molecular weight excluding hydrogens is 174 g/mol. The fourth-order valence-electron chi connectivity index (χ4n) is 0.830. The SMILES string of the molecule is N[C@@H](CO)c1ccc([N+](=O)[O-])nc1. The number of hydrogen-bond acceptors (Lipinski definition) is 5. The molecule has 0 aliphatic rings. The Labute approximate surface area is 74.2 Å². The van der Waals surface area contributed by atoms with E-state index in [1.807, 2.05) is 0 Å². The Bertz CT molecular complexity index is 298. The Kier molecular flexibility index (Phi) is 2.88. The summed E-state index contributed by atoms with van der Waals surface area (Å²) in [6.45, 7) is -0.209. The van der Waals surface area contributed by atoms with Crippen LogP contribution in [0.3, 0.4) is 0 Å². The van der Waals surface area contributed by atoms with Gasteiger partial charge in [-0.2, -0.15) is 0 Å². The van der Waals surface area contributed by atoms with Crippen LogP contribution in [0, 0.1) is 10.1 Å². The van der Waals surface area contributed by atoms with Gasteiger partial charge in [-0.25, -0.2) is 0 Å². The van der Waals surface area contributed by atoms with Gasteiger partial charge in [0, 0.05) is 11.6 Å². The number of hydrogen-bond donors (Lipinski definition) is 2. The third-order valence-electron chi connectivity index (χ3n) is 1.58. The van der Waals surface area contributed by atoms with Gasteiger partial charge in [-0.05, 0) is 16.0 Å². The van der Waals surface area contributed by atoms with Gasteiger partial charge in [-0.15, -0.1) is 0 Å². The fourth-order valence-corrected chi connectivity index (χ4v) is 0.830. The normalized spacial score (nSPS) is 12.5. The summed E-state index contributed by atoms with van der Waals surface area (Å²) >= 11 is 0. The van der Waals surface area contributed by atoms with E-state index in [9.17, 15) is 10.1 Å². The summed E-state index contributed by atoms with van der Waals surface area (Å²) in [5.74, 6) is -0.228. The van der Waals surface area contributed by atoms with E-state index in [1.54, 1.807) is 0 Å². The number of nitro groups is 1. The lowest BCUT2D eigenvalue weighted by Gasteiger charge is -2.04. The number of rotatable bonds is 3. The lowest BCUT2D eigenvalue weighted by molar-refractivity contribution is -0.389. The summed E-state index contributed by atoms with van der Waals surface area (Å²) in [4.78, 5) is 13.2. The van der Waals surface area contributed by atoms with E-state index in [0.29, 0.717) is 5.56 Å². The largest absolute Gasteiger partial charge is 0.394 e. The van der Waals surface area contributed by atoms with Crippen LogP contribution in [-0.2, 0) is 0 Å². The number of nitrogens with zero attached hydrogens (tertiary/aromatic N) is 2. The van der Waals surface area contributed by atoms with E-state index >= 15 is 0 Å². The second-order valence-corrected chi connectivity index (χ2v) is 2.50. The van der Waals surface area contributed by atoms with Crippen LogP contribution in [0.4, 0.5) is 5.82 Å². The third kappa shape index (κ3) is 2.20. The number of pyridine rings is 1. The summed E-state index contributed by atoms with van der Waals surface area (Å²) in [7, 11) is 0. The molecule has 0 saturated carbocycles. The molecule has 13 heavy (non-hydrogen) atoms. The maximum atomic E-state index is 10.2. The van der Waals surface area contributed by atoms with E-state index in [2.05, 4.69) is 4.98 Å². The van der Waals surface area contributed by atoms with Gasteiger partial charge in [0.05, 0.1) is 12.6 Å². The molecule has 0 saturated heterocycles. The highest BCUT2D eigenvalue weighted by atomic mass is 16.6. The molecule has 1 aromatic rings. The van der Waals surface area contributed by atoms with E-state index in [0.717, 1.165) is 0 Å². The van der Waals surface area contributed by atoms with Crippen LogP contribution in [0.2, 0.25) is 0 Å². The zero-order chi connectivity index (χ0) is 9.84. The molecule has 1 aromatic heterocycles. The van der Waals surface area contributed by atoms with Crippen LogP contribution < -0.4 is 5.73 Å². The Morgan fingerprint density at radius 2 is 2.38 bits per heavy atom. The van der Waals surface area contributed by atoms with E-state index < -0.39 is 11.0 Å². The highest BCUT2D eigenvalue weighted by molar-refractivity contribution is 5.24. The minimum absolute atomic E-state index is 0.209. The first-order chi connectivity index (χ1) is 6.15. The molecule has 3 N–H and O–H groups in total. The maximum absolute atomic E-state index is 10.2. The van der Waals surface area contributed by atoms with Crippen molar-refractivity contribution < 1.29 is 10.0 Å². The van der Waals surface area contributed by atoms with Gasteiger partial charge < -0.3 is 21.0 Å². The minimum Gasteiger partial charge on any atom is -0.394 e. The Morgan fingerprint density at radius 1 is 1.69 bits per heavy atom. The lowest BCUT2D eigenvalue weighted by Crippen LogP contribution is -2.14. The van der Waals surface area contributed by atoms with E-state index in [1.165, 1.54) is 18.3 Å². The monoisotopic (exact) mass is 183 g/mol. The molecule has 1 heterocycles. The number of aliphatic hydroxyl groups excluding tert-OH is 1. The summed E-state index contributed by atoms with van der Waals surface area (Å²) in [5, 5.41) is 18.9. The number of nitrogens with two attached hydrogens (primary N) is 1. The average Bonchev–Trinajstić information content (AvgIpc) is 2.17. The third-order valence-corrected chi connectivity index (χ3v) is 1.58. The molecule has 0 radical (unpaired) electrons. The quantitative estimate of drug-likeness (QED) is 0.506. The first-order valence-corrected chi connectivity index (χ1v) is 3.62. The molecule has 0 unspecified atom stereocenters. The molecular formula is C7H9N3O3. The van der Waals surface area contributed by atoms with Crippen LogP contribution in [0.1, 0.15) is 11.6 Å². The molecule has 0 amide bonds. The molecule has 0 bridgehead atoms. The summed E-state index contributed by atoms with van der Waals surface area (Å²) in [6, 6.07) is 2.20.